The molecule has 1 aliphatic heterocycles. The second-order valence-electron chi connectivity index (χ2n) is 4.63. The van der Waals surface area contributed by atoms with Crippen molar-refractivity contribution >= 4 is 11.8 Å². The summed E-state index contributed by atoms with van der Waals surface area (Å²) in [5.74, 6) is 0. The van der Waals surface area contributed by atoms with E-state index >= 15 is 0 Å². The number of nitrogens with zero attached hydrogens (tertiary/aromatic N) is 2. The normalized spacial score (nSPS) is 23.7. The number of hydrogen-bond acceptors (Lipinski definition) is 3. The molecule has 92 valence electrons. The Morgan fingerprint density at radius 1 is 1.00 bits per heavy atom. The van der Waals surface area contributed by atoms with Crippen molar-refractivity contribution in [3.8, 4) is 0 Å². The summed E-state index contributed by atoms with van der Waals surface area (Å²) in [6.07, 6.45) is 5.60. The van der Waals surface area contributed by atoms with E-state index in [-0.39, 0.29) is 12.3 Å². The lowest BCUT2D eigenvalue weighted by Gasteiger charge is -2.15. The lowest BCUT2D eigenvalue weighted by molar-refractivity contribution is 0.0736. The van der Waals surface area contributed by atoms with Gasteiger partial charge in [0.15, 0.2) is 6.23 Å². The van der Waals surface area contributed by atoms with Gasteiger partial charge in [0.2, 0.25) is 0 Å². The standard InChI is InChI=1S/C16H12N2O/c1-2-5-12(6-3-1)16-18-15-13(19-16)9-8-11-7-4-10-17-14(11)15/h1-10,13,16H. The van der Waals surface area contributed by atoms with Gasteiger partial charge in [0.05, 0.1) is 11.4 Å². The van der Waals surface area contributed by atoms with E-state index in [1.165, 1.54) is 0 Å². The molecule has 4 rings (SSSR count). The predicted molar refractivity (Wildman–Crippen MR) is 73.9 cm³/mol. The SMILES string of the molecule is C1=CC2OC(c3ccccc3)N=C2c2ncccc21. The highest BCUT2D eigenvalue weighted by Crippen LogP contribution is 2.32. The fourth-order valence-corrected chi connectivity index (χ4v) is 2.49. The third-order valence-corrected chi connectivity index (χ3v) is 3.42. The number of rotatable bonds is 1. The van der Waals surface area contributed by atoms with Crippen molar-refractivity contribution < 1.29 is 4.74 Å². The van der Waals surface area contributed by atoms with E-state index in [2.05, 4.69) is 11.1 Å². The van der Waals surface area contributed by atoms with Crippen LogP contribution in [0.4, 0.5) is 0 Å². The van der Waals surface area contributed by atoms with Crippen LogP contribution in [-0.4, -0.2) is 16.8 Å². The van der Waals surface area contributed by atoms with Crippen LogP contribution in [0, 0.1) is 0 Å². The summed E-state index contributed by atoms with van der Waals surface area (Å²) in [7, 11) is 0. The van der Waals surface area contributed by atoms with Crippen molar-refractivity contribution in [1.29, 1.82) is 0 Å². The molecule has 0 amide bonds. The average molecular weight is 248 g/mol. The summed E-state index contributed by atoms with van der Waals surface area (Å²) < 4.78 is 5.98. The fourth-order valence-electron chi connectivity index (χ4n) is 2.49. The molecule has 3 heteroatoms. The van der Waals surface area contributed by atoms with E-state index < -0.39 is 0 Å². The molecule has 2 heterocycles. The van der Waals surface area contributed by atoms with E-state index in [4.69, 9.17) is 9.73 Å². The molecule has 1 aliphatic carbocycles. The number of benzene rings is 1. The maximum Gasteiger partial charge on any atom is 0.175 e. The second kappa shape index (κ2) is 4.14. The molecule has 0 radical (unpaired) electrons. The fraction of sp³-hybridized carbons (Fsp3) is 0.125. The first-order valence-electron chi connectivity index (χ1n) is 6.33. The van der Waals surface area contributed by atoms with Gasteiger partial charge < -0.3 is 4.74 Å². The molecule has 0 saturated heterocycles. The zero-order chi connectivity index (χ0) is 12.7. The molecule has 0 fully saturated rings. The van der Waals surface area contributed by atoms with Crippen LogP contribution in [0.2, 0.25) is 0 Å². The summed E-state index contributed by atoms with van der Waals surface area (Å²) in [5.41, 5.74) is 4.06. The van der Waals surface area contributed by atoms with Gasteiger partial charge in [-0.05, 0) is 12.1 Å². The lowest BCUT2D eigenvalue weighted by Crippen LogP contribution is -2.22. The highest BCUT2D eigenvalue weighted by atomic mass is 16.5. The molecule has 0 spiro atoms. The highest BCUT2D eigenvalue weighted by molar-refractivity contribution is 6.09. The van der Waals surface area contributed by atoms with Crippen LogP contribution in [0.1, 0.15) is 23.0 Å². The van der Waals surface area contributed by atoms with Gasteiger partial charge in [0, 0.05) is 17.3 Å². The molecule has 0 saturated carbocycles. The van der Waals surface area contributed by atoms with Crippen LogP contribution < -0.4 is 0 Å². The van der Waals surface area contributed by atoms with Gasteiger partial charge in [-0.25, -0.2) is 4.99 Å². The van der Waals surface area contributed by atoms with Gasteiger partial charge in [0.1, 0.15) is 6.10 Å². The Bertz CT molecular complexity index is 676. The molecule has 1 aromatic heterocycles. The van der Waals surface area contributed by atoms with Gasteiger partial charge in [-0.3, -0.25) is 4.98 Å². The summed E-state index contributed by atoms with van der Waals surface area (Å²) in [5, 5.41) is 0. The molecule has 0 N–H and O–H groups in total. The minimum Gasteiger partial charge on any atom is -0.339 e. The molecule has 1 aromatic carbocycles. The van der Waals surface area contributed by atoms with Gasteiger partial charge >= 0.3 is 0 Å². The molecular formula is C16H12N2O. The van der Waals surface area contributed by atoms with Crippen LogP contribution in [0.5, 0.6) is 0 Å². The second-order valence-corrected chi connectivity index (χ2v) is 4.63. The molecule has 2 unspecified atom stereocenters. The quantitative estimate of drug-likeness (QED) is 0.777. The van der Waals surface area contributed by atoms with Crippen LogP contribution in [0.25, 0.3) is 6.08 Å². The van der Waals surface area contributed by atoms with Gasteiger partial charge in [-0.2, -0.15) is 0 Å². The van der Waals surface area contributed by atoms with Crippen LogP contribution >= 0.6 is 0 Å². The molecule has 2 aromatic rings. The first-order chi connectivity index (χ1) is 9.42. The minimum atomic E-state index is -0.223. The maximum atomic E-state index is 5.98. The third-order valence-electron chi connectivity index (χ3n) is 3.42. The van der Waals surface area contributed by atoms with Gasteiger partial charge in [-0.1, -0.05) is 42.5 Å². The average Bonchev–Trinajstić information content (AvgIpc) is 2.93. The van der Waals surface area contributed by atoms with Gasteiger partial charge in [-0.15, -0.1) is 0 Å². The summed E-state index contributed by atoms with van der Waals surface area (Å²) in [4.78, 5) is 9.13. The number of aliphatic imine (C=N–C) groups is 1. The van der Waals surface area contributed by atoms with Crippen molar-refractivity contribution in [2.24, 2.45) is 4.99 Å². The number of hydrogen-bond donors (Lipinski definition) is 0. The largest absolute Gasteiger partial charge is 0.339 e. The Kier molecular flexibility index (Phi) is 2.32. The van der Waals surface area contributed by atoms with E-state index in [1.54, 1.807) is 6.20 Å². The Morgan fingerprint density at radius 3 is 2.79 bits per heavy atom. The predicted octanol–water partition coefficient (Wildman–Crippen LogP) is 3.00. The van der Waals surface area contributed by atoms with Crippen LogP contribution in [0.15, 0.2) is 59.7 Å². The summed E-state index contributed by atoms with van der Waals surface area (Å²) in [6, 6.07) is 14.1. The molecule has 3 nitrogen and oxygen atoms in total. The minimum absolute atomic E-state index is 0.0763. The first-order valence-corrected chi connectivity index (χ1v) is 6.33. The van der Waals surface area contributed by atoms with Crippen LogP contribution in [0.3, 0.4) is 0 Å². The molecule has 2 aliphatic rings. The summed E-state index contributed by atoms with van der Waals surface area (Å²) in [6.45, 7) is 0. The summed E-state index contributed by atoms with van der Waals surface area (Å²) >= 11 is 0. The van der Waals surface area contributed by atoms with Crippen molar-refractivity contribution in [1.82, 2.24) is 4.98 Å². The van der Waals surface area contributed by atoms with E-state index in [0.717, 1.165) is 22.5 Å². The third kappa shape index (κ3) is 1.71. The zero-order valence-electron chi connectivity index (χ0n) is 10.2. The van der Waals surface area contributed by atoms with E-state index in [0.29, 0.717) is 0 Å². The van der Waals surface area contributed by atoms with Crippen molar-refractivity contribution in [2.75, 3.05) is 0 Å². The molecule has 0 bridgehead atoms. The molecular weight excluding hydrogens is 236 g/mol. The Hall–Kier alpha value is -2.26. The van der Waals surface area contributed by atoms with Crippen molar-refractivity contribution in [3.63, 3.8) is 0 Å². The lowest BCUT2D eigenvalue weighted by atomic mass is 9.99. The monoisotopic (exact) mass is 248 g/mol. The molecule has 19 heavy (non-hydrogen) atoms. The van der Waals surface area contributed by atoms with Crippen molar-refractivity contribution in [3.05, 3.63) is 71.6 Å². The number of fused-ring (bicyclic) bond motifs is 3. The Balaban J connectivity index is 1.78. The van der Waals surface area contributed by atoms with Gasteiger partial charge in [0.25, 0.3) is 0 Å². The van der Waals surface area contributed by atoms with E-state index in [1.807, 2.05) is 48.5 Å². The number of pyridine rings is 1. The molecule has 2 atom stereocenters. The van der Waals surface area contributed by atoms with E-state index in [9.17, 15) is 0 Å². The number of ether oxygens (including phenoxy) is 1. The first kappa shape index (κ1) is 10.6. The Labute approximate surface area is 111 Å². The maximum absolute atomic E-state index is 5.98. The number of aromatic nitrogens is 1. The highest BCUT2D eigenvalue weighted by Gasteiger charge is 2.32. The van der Waals surface area contributed by atoms with Crippen LogP contribution in [-0.2, 0) is 4.74 Å². The Morgan fingerprint density at radius 2 is 1.89 bits per heavy atom. The zero-order valence-corrected chi connectivity index (χ0v) is 10.2. The topological polar surface area (TPSA) is 34.5 Å². The smallest absolute Gasteiger partial charge is 0.175 e. The van der Waals surface area contributed by atoms with Crippen molar-refractivity contribution in [2.45, 2.75) is 12.3 Å².